The average Bonchev–Trinajstić information content (AvgIpc) is 2.56. The molecule has 3 nitrogen and oxygen atoms in total. The molecule has 0 fully saturated rings. The van der Waals surface area contributed by atoms with Crippen LogP contribution in [0.15, 0.2) is 18.2 Å². The lowest BCUT2D eigenvalue weighted by molar-refractivity contribution is 0.338. The lowest BCUT2D eigenvalue weighted by atomic mass is 9.98. The first-order valence-electron chi connectivity index (χ1n) is 5.90. The van der Waals surface area contributed by atoms with Gasteiger partial charge in [-0.05, 0) is 32.4 Å². The summed E-state index contributed by atoms with van der Waals surface area (Å²) in [5, 5.41) is 0.653. The van der Waals surface area contributed by atoms with E-state index in [0.717, 1.165) is 23.9 Å². The normalized spacial score (nSPS) is 12.2. The smallest absolute Gasteiger partial charge is 0.201 e. The summed E-state index contributed by atoms with van der Waals surface area (Å²) >= 11 is 6.14. The predicted molar refractivity (Wildman–Crippen MR) is 73.4 cm³/mol. The molecule has 0 saturated carbocycles. The van der Waals surface area contributed by atoms with Crippen molar-refractivity contribution in [3.05, 3.63) is 23.2 Å². The van der Waals surface area contributed by atoms with Gasteiger partial charge in [0.2, 0.25) is 5.95 Å². The van der Waals surface area contributed by atoms with Gasteiger partial charge in [-0.2, -0.15) is 0 Å². The summed E-state index contributed by atoms with van der Waals surface area (Å²) in [4.78, 5) is 4.37. The number of aromatic nitrogens is 2. The van der Waals surface area contributed by atoms with Gasteiger partial charge < -0.3 is 10.3 Å². The van der Waals surface area contributed by atoms with Crippen LogP contribution in [-0.2, 0) is 5.54 Å². The Morgan fingerprint density at radius 2 is 2.12 bits per heavy atom. The molecule has 1 aromatic carbocycles. The molecule has 92 valence electrons. The van der Waals surface area contributed by atoms with Crippen LogP contribution in [0.5, 0.6) is 0 Å². The van der Waals surface area contributed by atoms with E-state index in [4.69, 9.17) is 17.3 Å². The minimum Gasteiger partial charge on any atom is -0.369 e. The molecule has 0 unspecified atom stereocenters. The fourth-order valence-electron chi connectivity index (χ4n) is 2.44. The van der Waals surface area contributed by atoms with Crippen LogP contribution in [0.1, 0.15) is 33.6 Å². The number of hydrogen-bond acceptors (Lipinski definition) is 2. The molecular weight excluding hydrogens is 234 g/mol. The molecule has 0 aliphatic rings. The fraction of sp³-hybridized carbons (Fsp3) is 0.462. The summed E-state index contributed by atoms with van der Waals surface area (Å²) in [6, 6.07) is 5.79. The quantitative estimate of drug-likeness (QED) is 0.902. The molecule has 2 N–H and O–H groups in total. The number of fused-ring (bicyclic) bond motifs is 1. The molecule has 0 aliphatic carbocycles. The minimum absolute atomic E-state index is 0.0434. The predicted octanol–water partition coefficient (Wildman–Crippen LogP) is 3.81. The molecule has 2 aromatic rings. The molecule has 0 aliphatic heterocycles. The van der Waals surface area contributed by atoms with Crippen molar-refractivity contribution in [3.8, 4) is 0 Å². The third-order valence-electron chi connectivity index (χ3n) is 3.13. The Kier molecular flexibility index (Phi) is 3.04. The number of hydrogen-bond donors (Lipinski definition) is 1. The molecule has 2 rings (SSSR count). The zero-order chi connectivity index (χ0) is 12.6. The number of anilines is 1. The Hall–Kier alpha value is -1.22. The van der Waals surface area contributed by atoms with Crippen LogP contribution < -0.4 is 5.73 Å². The van der Waals surface area contributed by atoms with Crippen molar-refractivity contribution in [1.29, 1.82) is 0 Å². The van der Waals surface area contributed by atoms with Gasteiger partial charge >= 0.3 is 0 Å². The molecule has 17 heavy (non-hydrogen) atoms. The van der Waals surface area contributed by atoms with E-state index in [1.165, 1.54) is 0 Å². The summed E-state index contributed by atoms with van der Waals surface area (Å²) in [7, 11) is 0. The van der Waals surface area contributed by atoms with Gasteiger partial charge in [0.1, 0.15) is 5.52 Å². The van der Waals surface area contributed by atoms with Crippen LogP contribution in [0.2, 0.25) is 5.02 Å². The van der Waals surface area contributed by atoms with Crippen LogP contribution in [0, 0.1) is 0 Å². The van der Waals surface area contributed by atoms with Crippen LogP contribution >= 0.6 is 11.6 Å². The SMILES string of the molecule is CCCC(C)(C)n1c(N)nc2c(Cl)cccc21. The maximum Gasteiger partial charge on any atom is 0.201 e. The van der Waals surface area contributed by atoms with E-state index in [9.17, 15) is 0 Å². The van der Waals surface area contributed by atoms with Crippen LogP contribution in [0.4, 0.5) is 5.95 Å². The van der Waals surface area contributed by atoms with Crippen LogP contribution in [0.3, 0.4) is 0 Å². The highest BCUT2D eigenvalue weighted by atomic mass is 35.5. The molecule has 0 saturated heterocycles. The highest BCUT2D eigenvalue weighted by Crippen LogP contribution is 2.32. The summed E-state index contributed by atoms with van der Waals surface area (Å²) in [6.07, 6.45) is 2.15. The van der Waals surface area contributed by atoms with Gasteiger partial charge in [-0.3, -0.25) is 0 Å². The van der Waals surface area contributed by atoms with Crippen LogP contribution in [-0.4, -0.2) is 9.55 Å². The van der Waals surface area contributed by atoms with Gasteiger partial charge in [0, 0.05) is 5.54 Å². The highest BCUT2D eigenvalue weighted by Gasteiger charge is 2.24. The number of nitrogen functional groups attached to an aromatic ring is 1. The number of halogens is 1. The molecule has 0 bridgehead atoms. The van der Waals surface area contributed by atoms with Crippen molar-refractivity contribution in [1.82, 2.24) is 9.55 Å². The van der Waals surface area contributed by atoms with E-state index in [0.29, 0.717) is 11.0 Å². The summed E-state index contributed by atoms with van der Waals surface area (Å²) in [6.45, 7) is 6.52. The summed E-state index contributed by atoms with van der Waals surface area (Å²) in [5.74, 6) is 0.534. The second-order valence-corrected chi connectivity index (χ2v) is 5.38. The first kappa shape index (κ1) is 12.2. The van der Waals surface area contributed by atoms with E-state index in [1.54, 1.807) is 0 Å². The molecule has 0 radical (unpaired) electrons. The Labute approximate surface area is 107 Å². The second kappa shape index (κ2) is 4.22. The lowest BCUT2D eigenvalue weighted by Gasteiger charge is -2.28. The highest BCUT2D eigenvalue weighted by molar-refractivity contribution is 6.35. The number of nitrogens with two attached hydrogens (primary N) is 1. The van der Waals surface area contributed by atoms with Crippen molar-refractivity contribution in [3.63, 3.8) is 0 Å². The van der Waals surface area contributed by atoms with Gasteiger partial charge in [0.25, 0.3) is 0 Å². The number of benzene rings is 1. The molecule has 1 aromatic heterocycles. The Morgan fingerprint density at radius 3 is 2.76 bits per heavy atom. The molecule has 1 heterocycles. The van der Waals surface area contributed by atoms with Gasteiger partial charge in [-0.25, -0.2) is 4.98 Å². The lowest BCUT2D eigenvalue weighted by Crippen LogP contribution is -2.27. The standard InChI is InChI=1S/C13H18ClN3/c1-4-8-13(2,3)17-10-7-5-6-9(14)11(10)16-12(17)15/h5-7H,4,8H2,1-3H3,(H2,15,16). The fourth-order valence-corrected chi connectivity index (χ4v) is 2.65. The van der Waals surface area contributed by atoms with E-state index in [1.807, 2.05) is 18.2 Å². The van der Waals surface area contributed by atoms with Gasteiger partial charge in [-0.15, -0.1) is 0 Å². The minimum atomic E-state index is -0.0434. The maximum absolute atomic E-state index is 6.14. The third-order valence-corrected chi connectivity index (χ3v) is 3.43. The van der Waals surface area contributed by atoms with Crippen molar-refractivity contribution in [2.75, 3.05) is 5.73 Å². The van der Waals surface area contributed by atoms with Crippen molar-refractivity contribution in [2.24, 2.45) is 0 Å². The maximum atomic E-state index is 6.14. The monoisotopic (exact) mass is 251 g/mol. The van der Waals surface area contributed by atoms with Crippen molar-refractivity contribution < 1.29 is 0 Å². The summed E-state index contributed by atoms with van der Waals surface area (Å²) < 4.78 is 2.08. The number of imidazole rings is 1. The van der Waals surface area contributed by atoms with Gasteiger partial charge in [0.05, 0.1) is 10.5 Å². The topological polar surface area (TPSA) is 43.8 Å². The zero-order valence-corrected chi connectivity index (χ0v) is 11.3. The third kappa shape index (κ3) is 2.00. The van der Waals surface area contributed by atoms with Gasteiger partial charge in [-0.1, -0.05) is 31.0 Å². The Morgan fingerprint density at radius 1 is 1.41 bits per heavy atom. The molecular formula is C13H18ClN3. The second-order valence-electron chi connectivity index (χ2n) is 4.98. The van der Waals surface area contributed by atoms with Gasteiger partial charge in [0.15, 0.2) is 0 Å². The number of rotatable bonds is 3. The number of para-hydroxylation sites is 1. The molecule has 0 amide bonds. The van der Waals surface area contributed by atoms with E-state index in [2.05, 4.69) is 30.3 Å². The zero-order valence-electron chi connectivity index (χ0n) is 10.5. The van der Waals surface area contributed by atoms with Crippen LogP contribution in [0.25, 0.3) is 11.0 Å². The van der Waals surface area contributed by atoms with Crippen molar-refractivity contribution in [2.45, 2.75) is 39.2 Å². The van der Waals surface area contributed by atoms with E-state index in [-0.39, 0.29) is 5.54 Å². The van der Waals surface area contributed by atoms with E-state index >= 15 is 0 Å². The largest absolute Gasteiger partial charge is 0.369 e. The molecule has 4 heteroatoms. The van der Waals surface area contributed by atoms with Crippen molar-refractivity contribution >= 4 is 28.6 Å². The van der Waals surface area contributed by atoms with E-state index < -0.39 is 0 Å². The Bertz CT molecular complexity index is 543. The molecule has 0 atom stereocenters. The first-order chi connectivity index (χ1) is 7.97. The average molecular weight is 252 g/mol. The number of nitrogens with zero attached hydrogens (tertiary/aromatic N) is 2. The Balaban J connectivity index is 2.69. The summed E-state index contributed by atoms with van der Waals surface area (Å²) in [5.41, 5.74) is 7.78. The molecule has 0 spiro atoms. The first-order valence-corrected chi connectivity index (χ1v) is 6.28.